The van der Waals surface area contributed by atoms with Crippen molar-refractivity contribution in [3.8, 4) is 0 Å². The van der Waals surface area contributed by atoms with E-state index in [4.69, 9.17) is 0 Å². The highest BCUT2D eigenvalue weighted by atomic mass is 32.2. The van der Waals surface area contributed by atoms with Crippen molar-refractivity contribution in [2.24, 2.45) is 0 Å². The highest BCUT2D eigenvalue weighted by Crippen LogP contribution is 2.21. The summed E-state index contributed by atoms with van der Waals surface area (Å²) in [6.07, 6.45) is 3.12. The molecule has 6 heteroatoms. The van der Waals surface area contributed by atoms with Crippen LogP contribution < -0.4 is 10.0 Å². The van der Waals surface area contributed by atoms with Crippen LogP contribution in [0.4, 0.5) is 11.4 Å². The third kappa shape index (κ3) is 6.04. The second kappa shape index (κ2) is 7.97. The first-order chi connectivity index (χ1) is 11.3. The molecule has 0 aliphatic rings. The molecule has 2 aromatic rings. The standard InChI is InChI=1S/C18H22N2O3S/c1-14-11-12-16(13-17(14)20-24(2,22)23)19-18(21)10-6-9-15-7-4-3-5-8-15/h3-5,7-8,11-13,20H,6,9-10H2,1-2H3,(H,19,21). The minimum absolute atomic E-state index is 0.0833. The Hall–Kier alpha value is -2.34. The van der Waals surface area contributed by atoms with Crippen LogP contribution in [0.2, 0.25) is 0 Å². The molecular weight excluding hydrogens is 324 g/mol. The molecule has 2 rings (SSSR count). The van der Waals surface area contributed by atoms with E-state index in [1.807, 2.05) is 30.3 Å². The Morgan fingerprint density at radius 1 is 1.08 bits per heavy atom. The molecule has 0 saturated heterocycles. The lowest BCUT2D eigenvalue weighted by Crippen LogP contribution is -2.13. The quantitative estimate of drug-likeness (QED) is 0.807. The van der Waals surface area contributed by atoms with E-state index < -0.39 is 10.0 Å². The first-order valence-corrected chi connectivity index (χ1v) is 9.65. The summed E-state index contributed by atoms with van der Waals surface area (Å²) in [5, 5.41) is 2.81. The summed E-state index contributed by atoms with van der Waals surface area (Å²) < 4.78 is 25.2. The van der Waals surface area contributed by atoms with E-state index in [0.717, 1.165) is 24.7 Å². The number of sulfonamides is 1. The highest BCUT2D eigenvalue weighted by Gasteiger charge is 2.08. The number of rotatable bonds is 7. The Morgan fingerprint density at radius 2 is 1.79 bits per heavy atom. The first kappa shape index (κ1) is 18.0. The van der Waals surface area contributed by atoms with Gasteiger partial charge in [-0.05, 0) is 43.0 Å². The molecule has 0 aliphatic heterocycles. The Kier molecular flexibility index (Phi) is 5.98. The van der Waals surface area contributed by atoms with E-state index in [9.17, 15) is 13.2 Å². The molecule has 2 N–H and O–H groups in total. The van der Waals surface area contributed by atoms with Crippen LogP contribution in [0.1, 0.15) is 24.0 Å². The predicted octanol–water partition coefficient (Wildman–Crippen LogP) is 3.33. The number of nitrogens with one attached hydrogen (secondary N) is 2. The number of amides is 1. The van der Waals surface area contributed by atoms with Crippen LogP contribution in [0.5, 0.6) is 0 Å². The van der Waals surface area contributed by atoms with Crippen LogP contribution in [0.3, 0.4) is 0 Å². The van der Waals surface area contributed by atoms with Gasteiger partial charge in [-0.3, -0.25) is 9.52 Å². The van der Waals surface area contributed by atoms with Crippen molar-refractivity contribution in [2.45, 2.75) is 26.2 Å². The predicted molar refractivity (Wildman–Crippen MR) is 97.7 cm³/mol. The smallest absolute Gasteiger partial charge is 0.229 e. The van der Waals surface area contributed by atoms with E-state index in [0.29, 0.717) is 17.8 Å². The summed E-state index contributed by atoms with van der Waals surface area (Å²) in [6.45, 7) is 1.80. The van der Waals surface area contributed by atoms with Crippen molar-refractivity contribution < 1.29 is 13.2 Å². The SMILES string of the molecule is Cc1ccc(NC(=O)CCCc2ccccc2)cc1NS(C)(=O)=O. The number of anilines is 2. The average Bonchev–Trinajstić information content (AvgIpc) is 2.50. The number of aryl methyl sites for hydroxylation is 2. The minimum Gasteiger partial charge on any atom is -0.326 e. The highest BCUT2D eigenvalue weighted by molar-refractivity contribution is 7.92. The largest absolute Gasteiger partial charge is 0.326 e. The molecule has 0 saturated carbocycles. The number of hydrogen-bond acceptors (Lipinski definition) is 3. The van der Waals surface area contributed by atoms with Gasteiger partial charge in [0.2, 0.25) is 15.9 Å². The van der Waals surface area contributed by atoms with Gasteiger partial charge >= 0.3 is 0 Å². The van der Waals surface area contributed by atoms with Crippen LogP contribution in [-0.2, 0) is 21.2 Å². The summed E-state index contributed by atoms with van der Waals surface area (Å²) in [4.78, 5) is 12.0. The van der Waals surface area contributed by atoms with Crippen LogP contribution in [0.25, 0.3) is 0 Å². The van der Waals surface area contributed by atoms with Gasteiger partial charge in [0.1, 0.15) is 0 Å². The van der Waals surface area contributed by atoms with Gasteiger partial charge in [-0.1, -0.05) is 36.4 Å². The number of carbonyl (C=O) groups excluding carboxylic acids is 1. The van der Waals surface area contributed by atoms with Crippen LogP contribution in [-0.4, -0.2) is 20.6 Å². The molecule has 24 heavy (non-hydrogen) atoms. The summed E-state index contributed by atoms with van der Waals surface area (Å²) in [7, 11) is -3.35. The lowest BCUT2D eigenvalue weighted by atomic mass is 10.1. The maximum absolute atomic E-state index is 12.0. The van der Waals surface area contributed by atoms with Gasteiger partial charge in [0.05, 0.1) is 11.9 Å². The van der Waals surface area contributed by atoms with Crippen molar-refractivity contribution in [2.75, 3.05) is 16.3 Å². The molecule has 0 fully saturated rings. The molecule has 5 nitrogen and oxygen atoms in total. The second-order valence-electron chi connectivity index (χ2n) is 5.79. The number of benzene rings is 2. The third-order valence-corrected chi connectivity index (χ3v) is 4.12. The van der Waals surface area contributed by atoms with Gasteiger partial charge in [0.15, 0.2) is 0 Å². The molecule has 1 amide bonds. The summed E-state index contributed by atoms with van der Waals surface area (Å²) in [6, 6.07) is 15.2. The van der Waals surface area contributed by atoms with Crippen LogP contribution in [0.15, 0.2) is 48.5 Å². The fourth-order valence-electron chi connectivity index (χ4n) is 2.33. The van der Waals surface area contributed by atoms with E-state index in [1.54, 1.807) is 25.1 Å². The van der Waals surface area contributed by atoms with Crippen molar-refractivity contribution in [1.82, 2.24) is 0 Å². The Bertz CT molecular complexity index is 802. The maximum atomic E-state index is 12.0. The molecule has 0 aromatic heterocycles. The molecule has 2 aromatic carbocycles. The maximum Gasteiger partial charge on any atom is 0.229 e. The van der Waals surface area contributed by atoms with Gasteiger partial charge < -0.3 is 5.32 Å². The zero-order valence-corrected chi connectivity index (χ0v) is 14.7. The third-order valence-electron chi connectivity index (χ3n) is 3.53. The fourth-order valence-corrected chi connectivity index (χ4v) is 2.95. The second-order valence-corrected chi connectivity index (χ2v) is 7.54. The van der Waals surface area contributed by atoms with Crippen LogP contribution in [0, 0.1) is 6.92 Å². The lowest BCUT2D eigenvalue weighted by Gasteiger charge is -2.11. The summed E-state index contributed by atoms with van der Waals surface area (Å²) in [5.74, 6) is -0.0833. The van der Waals surface area contributed by atoms with Crippen molar-refractivity contribution in [3.63, 3.8) is 0 Å². The van der Waals surface area contributed by atoms with Gasteiger partial charge in [0.25, 0.3) is 0 Å². The van der Waals surface area contributed by atoms with E-state index >= 15 is 0 Å². The molecule has 0 bridgehead atoms. The molecule has 0 atom stereocenters. The molecule has 128 valence electrons. The lowest BCUT2D eigenvalue weighted by molar-refractivity contribution is -0.116. The van der Waals surface area contributed by atoms with Crippen molar-refractivity contribution >= 4 is 27.3 Å². The molecule has 0 unspecified atom stereocenters. The van der Waals surface area contributed by atoms with Crippen LogP contribution >= 0.6 is 0 Å². The van der Waals surface area contributed by atoms with Crippen molar-refractivity contribution in [3.05, 3.63) is 59.7 Å². The normalized spacial score (nSPS) is 11.1. The first-order valence-electron chi connectivity index (χ1n) is 7.76. The monoisotopic (exact) mass is 346 g/mol. The number of carbonyl (C=O) groups is 1. The van der Waals surface area contributed by atoms with Gasteiger partial charge in [-0.15, -0.1) is 0 Å². The zero-order chi connectivity index (χ0) is 17.6. The zero-order valence-electron chi connectivity index (χ0n) is 13.9. The number of hydrogen-bond donors (Lipinski definition) is 2. The Balaban J connectivity index is 1.90. The molecule has 0 heterocycles. The molecular formula is C18H22N2O3S. The molecule has 0 aliphatic carbocycles. The van der Waals surface area contributed by atoms with Gasteiger partial charge in [-0.2, -0.15) is 0 Å². The Labute approximate surface area is 143 Å². The fraction of sp³-hybridized carbons (Fsp3) is 0.278. The average molecular weight is 346 g/mol. The van der Waals surface area contributed by atoms with E-state index in [1.165, 1.54) is 5.56 Å². The Morgan fingerprint density at radius 3 is 2.46 bits per heavy atom. The summed E-state index contributed by atoms with van der Waals surface area (Å²) >= 11 is 0. The van der Waals surface area contributed by atoms with Crippen molar-refractivity contribution in [1.29, 1.82) is 0 Å². The van der Waals surface area contributed by atoms with Gasteiger partial charge in [0, 0.05) is 12.1 Å². The van der Waals surface area contributed by atoms with E-state index in [-0.39, 0.29) is 5.91 Å². The topological polar surface area (TPSA) is 75.3 Å². The molecule has 0 spiro atoms. The van der Waals surface area contributed by atoms with Gasteiger partial charge in [-0.25, -0.2) is 8.42 Å². The summed E-state index contributed by atoms with van der Waals surface area (Å²) in [5.41, 5.74) is 3.05. The minimum atomic E-state index is -3.35. The molecule has 0 radical (unpaired) electrons. The van der Waals surface area contributed by atoms with E-state index in [2.05, 4.69) is 10.0 Å².